The second-order valence-corrected chi connectivity index (χ2v) is 10.8. The van der Waals surface area contributed by atoms with Gasteiger partial charge in [0.15, 0.2) is 0 Å². The number of amides is 2. The Labute approximate surface area is 259 Å². The number of carbonyl (C=O) groups excluding carboxylic acids is 2. The lowest BCUT2D eigenvalue weighted by Crippen LogP contribution is -2.31. The van der Waals surface area contributed by atoms with Crippen LogP contribution in [0.25, 0.3) is 5.57 Å². The average molecular weight is 612 g/mol. The zero-order valence-corrected chi connectivity index (χ0v) is 26.7. The van der Waals surface area contributed by atoms with E-state index in [1.807, 2.05) is 52.2 Å². The summed E-state index contributed by atoms with van der Waals surface area (Å²) in [4.78, 5) is 31.1. The zero-order chi connectivity index (χ0) is 33.0. The fourth-order valence-corrected chi connectivity index (χ4v) is 4.31. The van der Waals surface area contributed by atoms with Crippen molar-refractivity contribution in [3.63, 3.8) is 0 Å². The van der Waals surface area contributed by atoms with Gasteiger partial charge >= 0.3 is 6.18 Å². The van der Waals surface area contributed by atoms with Gasteiger partial charge in [-0.2, -0.15) is 13.2 Å². The lowest BCUT2D eigenvalue weighted by molar-refractivity contribution is -0.137. The van der Waals surface area contributed by atoms with E-state index in [9.17, 15) is 22.8 Å². The van der Waals surface area contributed by atoms with Gasteiger partial charge in [-0.15, -0.1) is 0 Å². The summed E-state index contributed by atoms with van der Waals surface area (Å²) in [6.45, 7) is 12.8. The monoisotopic (exact) mass is 611 g/mol. The highest BCUT2D eigenvalue weighted by atomic mass is 19.4. The Bertz CT molecular complexity index is 1450. The second-order valence-electron chi connectivity index (χ2n) is 10.8. The molecule has 3 rings (SSSR count). The molecule has 0 radical (unpaired) electrons. The van der Waals surface area contributed by atoms with Crippen molar-refractivity contribution in [3.05, 3.63) is 94.2 Å². The molecule has 0 unspecified atom stereocenters. The van der Waals surface area contributed by atoms with Crippen molar-refractivity contribution in [1.82, 2.24) is 15.2 Å². The summed E-state index contributed by atoms with van der Waals surface area (Å²) in [5.41, 5.74) is 4.55. The Morgan fingerprint density at radius 1 is 1.00 bits per heavy atom. The third kappa shape index (κ3) is 10.8. The number of nitrogens with zero attached hydrogens (tertiary/aromatic N) is 2. The van der Waals surface area contributed by atoms with Gasteiger partial charge in [0, 0.05) is 48.7 Å². The topological polar surface area (TPSA) is 86.4 Å². The highest BCUT2D eigenvalue weighted by molar-refractivity contribution is 6.05. The largest absolute Gasteiger partial charge is 0.416 e. The van der Waals surface area contributed by atoms with Crippen molar-refractivity contribution in [3.8, 4) is 0 Å². The van der Waals surface area contributed by atoms with Crippen LogP contribution in [-0.2, 0) is 19.0 Å². The van der Waals surface area contributed by atoms with Crippen LogP contribution in [0.3, 0.4) is 0 Å². The molecule has 7 nitrogen and oxygen atoms in total. The number of anilines is 2. The minimum atomic E-state index is -4.65. The van der Waals surface area contributed by atoms with Gasteiger partial charge in [-0.05, 0) is 99.4 Å². The van der Waals surface area contributed by atoms with Crippen molar-refractivity contribution in [2.45, 2.75) is 53.1 Å². The predicted octanol–water partition coefficient (Wildman–Crippen LogP) is 7.23. The standard InChI is InChI=1S/C23H28F3N3O2.C11H16N2/c1-5-6-16-7-8-17(11-15(16)2)22(31)28-20-13-18(12-19(14-20)23(24,25)26)21(30)27-9-10-29(3)4;1-5-9-6-10(8(2)3)11(12-4)13-7-9/h7-8,11-14H,5-6,9-10H2,1-4H3,(H,27,30)(H,28,31);6-7H,2,5H2,1,3-4H3,(H,12,13). The number of aromatic nitrogens is 1. The Balaban J connectivity index is 0.000000432. The van der Waals surface area contributed by atoms with Crippen LogP contribution in [0.2, 0.25) is 0 Å². The maximum Gasteiger partial charge on any atom is 0.416 e. The number of pyridine rings is 1. The first-order valence-electron chi connectivity index (χ1n) is 14.6. The van der Waals surface area contributed by atoms with E-state index < -0.39 is 23.6 Å². The predicted molar refractivity (Wildman–Crippen MR) is 173 cm³/mol. The van der Waals surface area contributed by atoms with E-state index in [0.717, 1.165) is 59.5 Å². The summed E-state index contributed by atoms with van der Waals surface area (Å²) in [6.07, 6.45) is 0.108. The zero-order valence-electron chi connectivity index (χ0n) is 26.7. The molecule has 2 amide bonds. The number of aryl methyl sites for hydroxylation is 3. The number of hydrogen-bond donors (Lipinski definition) is 3. The molecule has 0 saturated heterocycles. The molecular formula is C34H44F3N5O2. The molecule has 0 aliphatic heterocycles. The van der Waals surface area contributed by atoms with Gasteiger partial charge in [0.05, 0.1) is 5.56 Å². The molecule has 3 N–H and O–H groups in total. The summed E-state index contributed by atoms with van der Waals surface area (Å²) in [5.74, 6) is -0.266. The van der Waals surface area contributed by atoms with E-state index >= 15 is 0 Å². The van der Waals surface area contributed by atoms with Crippen molar-refractivity contribution >= 4 is 28.9 Å². The molecule has 0 saturated carbocycles. The normalized spacial score (nSPS) is 11.0. The first-order chi connectivity index (χ1) is 20.7. The number of rotatable bonds is 11. The third-order valence-electron chi connectivity index (χ3n) is 6.80. The maximum absolute atomic E-state index is 13.3. The van der Waals surface area contributed by atoms with E-state index in [2.05, 4.69) is 47.4 Å². The van der Waals surface area contributed by atoms with Crippen molar-refractivity contribution in [1.29, 1.82) is 0 Å². The van der Waals surface area contributed by atoms with Crippen molar-refractivity contribution < 1.29 is 22.8 Å². The molecule has 0 aliphatic rings. The van der Waals surface area contributed by atoms with Crippen LogP contribution >= 0.6 is 0 Å². The number of allylic oxidation sites excluding steroid dienone is 1. The molecule has 0 fully saturated rings. The Kier molecular flexibility index (Phi) is 13.6. The van der Waals surface area contributed by atoms with Crippen molar-refractivity contribution in [2.24, 2.45) is 0 Å². The maximum atomic E-state index is 13.3. The van der Waals surface area contributed by atoms with Crippen LogP contribution in [0.15, 0.2) is 55.2 Å². The minimum Gasteiger partial charge on any atom is -0.373 e. The molecule has 1 heterocycles. The van der Waals surface area contributed by atoms with Gasteiger partial charge in [-0.25, -0.2) is 4.98 Å². The third-order valence-corrected chi connectivity index (χ3v) is 6.80. The number of likely N-dealkylation sites (N-methyl/N-ethyl adjacent to an activating group) is 1. The summed E-state index contributed by atoms with van der Waals surface area (Å²) >= 11 is 0. The van der Waals surface area contributed by atoms with Crippen molar-refractivity contribution in [2.75, 3.05) is 44.9 Å². The quantitative estimate of drug-likeness (QED) is 0.213. The summed E-state index contributed by atoms with van der Waals surface area (Å²) in [7, 11) is 5.52. The number of halogens is 3. The molecule has 3 aromatic rings. The molecule has 0 spiro atoms. The Morgan fingerprint density at radius 2 is 1.70 bits per heavy atom. The van der Waals surface area contributed by atoms with Gasteiger partial charge in [0.2, 0.25) is 0 Å². The number of nitrogens with one attached hydrogen (secondary N) is 3. The summed E-state index contributed by atoms with van der Waals surface area (Å²) in [6, 6.07) is 10.2. The molecule has 0 aliphatic carbocycles. The van der Waals surface area contributed by atoms with Crippen LogP contribution in [0, 0.1) is 6.92 Å². The van der Waals surface area contributed by atoms with E-state index in [0.29, 0.717) is 12.1 Å². The van der Waals surface area contributed by atoms with Gasteiger partial charge in [0.25, 0.3) is 11.8 Å². The van der Waals surface area contributed by atoms with Crippen LogP contribution in [-0.4, -0.2) is 55.9 Å². The van der Waals surface area contributed by atoms with Gasteiger partial charge in [-0.1, -0.05) is 32.9 Å². The highest BCUT2D eigenvalue weighted by Gasteiger charge is 2.32. The molecule has 44 heavy (non-hydrogen) atoms. The number of hydrogen-bond acceptors (Lipinski definition) is 5. The van der Waals surface area contributed by atoms with Crippen LogP contribution in [0.1, 0.15) is 75.7 Å². The first kappa shape index (κ1) is 36.0. The Hall–Kier alpha value is -4.18. The fraction of sp³-hybridized carbons (Fsp3) is 0.382. The lowest BCUT2D eigenvalue weighted by Gasteiger charge is -2.15. The van der Waals surface area contributed by atoms with Crippen LogP contribution in [0.4, 0.5) is 24.7 Å². The highest BCUT2D eigenvalue weighted by Crippen LogP contribution is 2.32. The molecular weight excluding hydrogens is 567 g/mol. The van der Waals surface area contributed by atoms with Gasteiger partial charge < -0.3 is 20.9 Å². The first-order valence-corrected chi connectivity index (χ1v) is 14.6. The number of carbonyl (C=O) groups is 2. The molecule has 10 heteroatoms. The molecule has 0 bridgehead atoms. The van der Waals surface area contributed by atoms with E-state index in [1.165, 1.54) is 11.6 Å². The molecule has 238 valence electrons. The van der Waals surface area contributed by atoms with Gasteiger partial charge in [0.1, 0.15) is 5.82 Å². The molecule has 2 aromatic carbocycles. The number of benzene rings is 2. The molecule has 1 aromatic heterocycles. The van der Waals surface area contributed by atoms with Crippen LogP contribution in [0.5, 0.6) is 0 Å². The SMILES string of the molecule is C=C(C)c1cc(CC)cnc1NC.CCCc1ccc(C(=O)Nc2cc(C(=O)NCCN(C)C)cc(C(F)(F)F)c2)cc1C. The molecule has 0 atom stereocenters. The van der Waals surface area contributed by atoms with E-state index in [4.69, 9.17) is 0 Å². The smallest absolute Gasteiger partial charge is 0.373 e. The fourth-order valence-electron chi connectivity index (χ4n) is 4.31. The van der Waals surface area contributed by atoms with Crippen LogP contribution < -0.4 is 16.0 Å². The van der Waals surface area contributed by atoms with Gasteiger partial charge in [-0.3, -0.25) is 9.59 Å². The number of alkyl halides is 3. The summed E-state index contributed by atoms with van der Waals surface area (Å²) < 4.78 is 40.0. The second kappa shape index (κ2) is 16.6. The Morgan fingerprint density at radius 3 is 2.25 bits per heavy atom. The summed E-state index contributed by atoms with van der Waals surface area (Å²) in [5, 5.41) is 8.13. The lowest BCUT2D eigenvalue weighted by atomic mass is 10.0. The van der Waals surface area contributed by atoms with E-state index in [-0.39, 0.29) is 17.8 Å². The average Bonchev–Trinajstić information content (AvgIpc) is 2.97. The van der Waals surface area contributed by atoms with E-state index in [1.54, 1.807) is 12.1 Å². The minimum absolute atomic E-state index is 0.0899.